The number of hydrogen-bond acceptors (Lipinski definition) is 3. The molecule has 0 atom stereocenters. The van der Waals surface area contributed by atoms with E-state index in [-0.39, 0.29) is 0 Å². The third kappa shape index (κ3) is 6.45. The molecule has 49 heavy (non-hydrogen) atoms. The number of aromatic amines is 2. The van der Waals surface area contributed by atoms with Gasteiger partial charge in [0.05, 0.1) is 0 Å². The smallest absolute Gasteiger partial charge is 0.128 e. The summed E-state index contributed by atoms with van der Waals surface area (Å²) in [5, 5.41) is 19.8. The molecule has 0 spiro atoms. The van der Waals surface area contributed by atoms with Gasteiger partial charge in [-0.25, -0.2) is 0 Å². The van der Waals surface area contributed by atoms with Gasteiger partial charge in [0.2, 0.25) is 0 Å². The van der Waals surface area contributed by atoms with Crippen molar-refractivity contribution in [2.75, 3.05) is 26.2 Å². The number of nitrogens with one attached hydrogen (secondary N) is 4. The number of likely N-dealkylation sites (tertiary alicyclic amines) is 2. The lowest BCUT2D eigenvalue weighted by Crippen LogP contribution is -2.37. The Morgan fingerprint density at radius 1 is 0.551 bits per heavy atom. The molecule has 248 valence electrons. The fourth-order valence-corrected chi connectivity index (χ4v) is 7.23. The van der Waals surface area contributed by atoms with E-state index in [1.54, 1.807) is 0 Å². The van der Waals surface area contributed by atoms with Crippen molar-refractivity contribution in [3.05, 3.63) is 108 Å². The molecule has 2 aliphatic rings. The van der Waals surface area contributed by atoms with Crippen molar-refractivity contribution in [3.8, 4) is 34.0 Å². The molecule has 2 aromatic heterocycles. The van der Waals surface area contributed by atoms with Crippen LogP contribution in [0.3, 0.4) is 0 Å². The lowest BCUT2D eigenvalue weighted by molar-refractivity contribution is 0.279. The maximum absolute atomic E-state index is 8.77. The lowest BCUT2D eigenvalue weighted by atomic mass is 9.98. The number of piperidine rings is 2. The van der Waals surface area contributed by atoms with Gasteiger partial charge < -0.3 is 24.5 Å². The van der Waals surface area contributed by atoms with Gasteiger partial charge in [-0.2, -0.15) is 0 Å². The minimum atomic E-state index is 0.620. The molecular weight excluding hydrogens is 605 g/mol. The molecular formula is C42H44N6O. The average Bonchev–Trinajstić information content (AvgIpc) is 3.76. The molecule has 0 amide bonds. The van der Waals surface area contributed by atoms with E-state index in [0.717, 1.165) is 131 Å². The quantitative estimate of drug-likeness (QED) is 0.107. The Morgan fingerprint density at radius 2 is 0.939 bits per heavy atom. The van der Waals surface area contributed by atoms with Crippen LogP contribution in [0.2, 0.25) is 0 Å². The second kappa shape index (κ2) is 13.0. The zero-order chi connectivity index (χ0) is 33.5. The molecule has 4 heterocycles. The standard InChI is InChI=1S/C42H44N6O/c1-27-15-19-47(20-16-27)41(43)33-5-3-31-23-37(45-39(31)25-33)29-7-11-35(12-8-29)49-36-13-9-30(10-14-36)38-24-32-4-6-34(26-40(32)46-38)42(44)48-21-17-28(2)18-22-48/h3-14,23-28,43-46H,15-22H2,1-2H3. The van der Waals surface area contributed by atoms with E-state index in [0.29, 0.717) is 11.7 Å². The summed E-state index contributed by atoms with van der Waals surface area (Å²) in [5.74, 6) is 4.30. The SMILES string of the molecule is CC1CCN(C(=N)c2ccc3cc(-c4ccc(Oc5ccc(-c6cc7ccc(C(=N)N8CCC(C)CC8)cc7[nH]6)cc5)cc4)[nH]c3c2)CC1. The molecule has 7 heteroatoms. The van der Waals surface area contributed by atoms with Gasteiger partial charge in [-0.3, -0.25) is 10.8 Å². The van der Waals surface area contributed by atoms with Gasteiger partial charge >= 0.3 is 0 Å². The molecule has 4 aromatic carbocycles. The van der Waals surface area contributed by atoms with Crippen LogP contribution < -0.4 is 4.74 Å². The van der Waals surface area contributed by atoms with E-state index in [4.69, 9.17) is 15.6 Å². The Bertz CT molecular complexity index is 1970. The summed E-state index contributed by atoms with van der Waals surface area (Å²) in [5.41, 5.74) is 8.28. The number of ether oxygens (including phenoxy) is 1. The van der Waals surface area contributed by atoms with Crippen LogP contribution in [-0.4, -0.2) is 57.6 Å². The van der Waals surface area contributed by atoms with E-state index < -0.39 is 0 Å². The van der Waals surface area contributed by atoms with E-state index >= 15 is 0 Å². The summed E-state index contributed by atoms with van der Waals surface area (Å²) in [6, 6.07) is 33.3. The number of rotatable bonds is 6. The first-order chi connectivity index (χ1) is 23.9. The first-order valence-corrected chi connectivity index (χ1v) is 17.7. The summed E-state index contributed by atoms with van der Waals surface area (Å²) in [4.78, 5) is 11.6. The van der Waals surface area contributed by atoms with Crippen LogP contribution in [0.1, 0.15) is 50.7 Å². The van der Waals surface area contributed by atoms with Crippen LogP contribution in [0.4, 0.5) is 0 Å². The van der Waals surface area contributed by atoms with Crippen molar-refractivity contribution in [2.45, 2.75) is 39.5 Å². The monoisotopic (exact) mass is 648 g/mol. The van der Waals surface area contributed by atoms with Gasteiger partial charge in [0.25, 0.3) is 0 Å². The number of nitrogens with zero attached hydrogens (tertiary/aromatic N) is 2. The van der Waals surface area contributed by atoms with Crippen LogP contribution in [0, 0.1) is 22.7 Å². The fourth-order valence-electron chi connectivity index (χ4n) is 7.23. The minimum absolute atomic E-state index is 0.620. The second-order valence-electron chi connectivity index (χ2n) is 14.2. The minimum Gasteiger partial charge on any atom is -0.457 e. The molecule has 7 nitrogen and oxygen atoms in total. The molecule has 0 bridgehead atoms. The predicted molar refractivity (Wildman–Crippen MR) is 201 cm³/mol. The largest absolute Gasteiger partial charge is 0.457 e. The first-order valence-electron chi connectivity index (χ1n) is 17.7. The second-order valence-corrected chi connectivity index (χ2v) is 14.2. The molecule has 2 saturated heterocycles. The fraction of sp³-hybridized carbons (Fsp3) is 0.286. The lowest BCUT2D eigenvalue weighted by Gasteiger charge is -2.32. The average molecular weight is 649 g/mol. The summed E-state index contributed by atoms with van der Waals surface area (Å²) in [6.45, 7) is 8.45. The predicted octanol–water partition coefficient (Wildman–Crippen LogP) is 9.89. The van der Waals surface area contributed by atoms with Crippen molar-refractivity contribution in [1.29, 1.82) is 10.8 Å². The Balaban J connectivity index is 0.919. The topological polar surface area (TPSA) is 95.0 Å². The number of hydrogen-bond donors (Lipinski definition) is 4. The van der Waals surface area contributed by atoms with Gasteiger partial charge in [0.15, 0.2) is 0 Å². The number of fused-ring (bicyclic) bond motifs is 2. The van der Waals surface area contributed by atoms with Crippen LogP contribution in [0.5, 0.6) is 11.5 Å². The Morgan fingerprint density at radius 3 is 1.33 bits per heavy atom. The number of amidine groups is 2. The molecule has 2 fully saturated rings. The molecule has 4 N–H and O–H groups in total. The van der Waals surface area contributed by atoms with Crippen LogP contribution in [0.15, 0.2) is 97.1 Å². The van der Waals surface area contributed by atoms with Crippen molar-refractivity contribution < 1.29 is 4.74 Å². The zero-order valence-electron chi connectivity index (χ0n) is 28.4. The van der Waals surface area contributed by atoms with Crippen molar-refractivity contribution in [1.82, 2.24) is 19.8 Å². The summed E-state index contributed by atoms with van der Waals surface area (Å²) >= 11 is 0. The summed E-state index contributed by atoms with van der Waals surface area (Å²) in [7, 11) is 0. The van der Waals surface area contributed by atoms with Gasteiger partial charge in [0, 0.05) is 70.5 Å². The number of benzene rings is 4. The first kappa shape index (κ1) is 31.0. The van der Waals surface area contributed by atoms with Gasteiger partial charge in [-0.05, 0) is 121 Å². The van der Waals surface area contributed by atoms with E-state index in [9.17, 15) is 0 Å². The summed E-state index contributed by atoms with van der Waals surface area (Å²) in [6.07, 6.45) is 4.61. The Hall–Kier alpha value is -5.30. The maximum Gasteiger partial charge on any atom is 0.128 e. The third-order valence-electron chi connectivity index (χ3n) is 10.6. The van der Waals surface area contributed by atoms with E-state index in [2.05, 4.69) is 106 Å². The molecule has 2 aliphatic heterocycles. The van der Waals surface area contributed by atoms with Crippen molar-refractivity contribution in [3.63, 3.8) is 0 Å². The van der Waals surface area contributed by atoms with Crippen LogP contribution in [-0.2, 0) is 0 Å². The Kier molecular flexibility index (Phi) is 8.20. The molecule has 0 saturated carbocycles. The molecule has 0 unspecified atom stereocenters. The van der Waals surface area contributed by atoms with E-state index in [1.165, 1.54) is 0 Å². The number of aromatic nitrogens is 2. The molecule has 0 aliphatic carbocycles. The van der Waals surface area contributed by atoms with Crippen LogP contribution in [0.25, 0.3) is 44.3 Å². The van der Waals surface area contributed by atoms with Gasteiger partial charge in [-0.1, -0.05) is 38.1 Å². The van der Waals surface area contributed by atoms with Crippen LogP contribution >= 0.6 is 0 Å². The van der Waals surface area contributed by atoms with E-state index in [1.807, 2.05) is 24.3 Å². The van der Waals surface area contributed by atoms with Gasteiger partial charge in [0.1, 0.15) is 23.2 Å². The Labute approximate surface area is 287 Å². The highest BCUT2D eigenvalue weighted by atomic mass is 16.5. The highest BCUT2D eigenvalue weighted by Gasteiger charge is 2.21. The number of H-pyrrole nitrogens is 2. The summed E-state index contributed by atoms with van der Waals surface area (Å²) < 4.78 is 6.21. The normalized spacial score (nSPS) is 16.0. The highest BCUT2D eigenvalue weighted by molar-refractivity contribution is 6.01. The van der Waals surface area contributed by atoms with Crippen molar-refractivity contribution >= 4 is 33.5 Å². The maximum atomic E-state index is 8.77. The van der Waals surface area contributed by atoms with Crippen molar-refractivity contribution in [2.24, 2.45) is 11.8 Å². The molecule has 6 aromatic rings. The molecule has 0 radical (unpaired) electrons. The zero-order valence-corrected chi connectivity index (χ0v) is 28.4. The molecule has 8 rings (SSSR count). The van der Waals surface area contributed by atoms with Gasteiger partial charge in [-0.15, -0.1) is 0 Å². The third-order valence-corrected chi connectivity index (χ3v) is 10.6. The highest BCUT2D eigenvalue weighted by Crippen LogP contribution is 2.31.